The zero-order valence-corrected chi connectivity index (χ0v) is 13.9. The molecule has 0 spiro atoms. The summed E-state index contributed by atoms with van der Waals surface area (Å²) in [6.07, 6.45) is 7.99. The van der Waals surface area contributed by atoms with Crippen molar-refractivity contribution >= 4 is 0 Å². The van der Waals surface area contributed by atoms with Crippen molar-refractivity contribution in [2.45, 2.75) is 58.9 Å². The topological polar surface area (TPSA) is 30.5 Å². The second-order valence-corrected chi connectivity index (χ2v) is 5.33. The molecule has 3 heteroatoms. The number of ether oxygens (including phenoxy) is 2. The van der Waals surface area contributed by atoms with Crippen LogP contribution < -0.4 is 14.8 Å². The van der Waals surface area contributed by atoms with E-state index in [2.05, 4.69) is 18.3 Å². The molecule has 0 heterocycles. The number of para-hydroxylation sites is 1. The van der Waals surface area contributed by atoms with Gasteiger partial charge in [0.25, 0.3) is 0 Å². The molecule has 0 saturated heterocycles. The molecule has 0 saturated carbocycles. The second-order valence-electron chi connectivity index (χ2n) is 5.33. The highest BCUT2D eigenvalue weighted by molar-refractivity contribution is 5.46. The van der Waals surface area contributed by atoms with Crippen molar-refractivity contribution in [3.8, 4) is 11.5 Å². The lowest BCUT2D eigenvalue weighted by Crippen LogP contribution is -2.15. The van der Waals surface area contributed by atoms with E-state index in [0.717, 1.165) is 24.6 Å². The lowest BCUT2D eigenvalue weighted by Gasteiger charge is -2.14. The molecular weight excluding hydrogens is 262 g/mol. The highest BCUT2D eigenvalue weighted by atomic mass is 16.5. The number of hydrogen-bond donors (Lipinski definition) is 1. The van der Waals surface area contributed by atoms with Gasteiger partial charge < -0.3 is 14.8 Å². The Labute approximate surface area is 130 Å². The van der Waals surface area contributed by atoms with E-state index in [1.54, 1.807) is 7.11 Å². The maximum Gasteiger partial charge on any atom is 0.165 e. The molecule has 0 aromatic heterocycles. The monoisotopic (exact) mass is 293 g/mol. The molecule has 21 heavy (non-hydrogen) atoms. The first-order valence-electron chi connectivity index (χ1n) is 8.32. The number of nitrogens with one attached hydrogen (secondary N) is 1. The Morgan fingerprint density at radius 3 is 2.48 bits per heavy atom. The summed E-state index contributed by atoms with van der Waals surface area (Å²) >= 11 is 0. The Bertz CT molecular complexity index is 379. The molecule has 1 aromatic rings. The summed E-state index contributed by atoms with van der Waals surface area (Å²) in [5.41, 5.74) is 1.17. The number of unbranched alkanes of at least 4 members (excludes halogenated alkanes) is 5. The highest BCUT2D eigenvalue weighted by Gasteiger charge is 2.09. The number of benzene rings is 1. The summed E-state index contributed by atoms with van der Waals surface area (Å²) in [5.74, 6) is 1.69. The molecule has 0 amide bonds. The van der Waals surface area contributed by atoms with Crippen LogP contribution in [-0.2, 0) is 6.54 Å². The van der Waals surface area contributed by atoms with Crippen LogP contribution in [0.25, 0.3) is 0 Å². The number of rotatable bonds is 12. The van der Waals surface area contributed by atoms with Crippen LogP contribution in [0, 0.1) is 0 Å². The molecule has 0 bridgehead atoms. The van der Waals surface area contributed by atoms with Gasteiger partial charge >= 0.3 is 0 Å². The van der Waals surface area contributed by atoms with E-state index in [9.17, 15) is 0 Å². The fourth-order valence-corrected chi connectivity index (χ4v) is 2.42. The molecule has 1 rings (SSSR count). The highest BCUT2D eigenvalue weighted by Crippen LogP contribution is 2.30. The van der Waals surface area contributed by atoms with Crippen LogP contribution >= 0.6 is 0 Å². The normalized spacial score (nSPS) is 10.6. The average Bonchev–Trinajstić information content (AvgIpc) is 2.51. The van der Waals surface area contributed by atoms with E-state index in [4.69, 9.17) is 9.47 Å². The second kappa shape index (κ2) is 11.4. The van der Waals surface area contributed by atoms with Gasteiger partial charge in [-0.15, -0.1) is 0 Å². The average molecular weight is 293 g/mol. The van der Waals surface area contributed by atoms with Gasteiger partial charge in [0.15, 0.2) is 11.5 Å². The number of methoxy groups -OCH3 is 1. The van der Waals surface area contributed by atoms with Crippen molar-refractivity contribution in [1.82, 2.24) is 5.32 Å². The zero-order chi connectivity index (χ0) is 15.3. The predicted molar refractivity (Wildman–Crippen MR) is 89.2 cm³/mol. The maximum atomic E-state index is 5.72. The van der Waals surface area contributed by atoms with Crippen molar-refractivity contribution < 1.29 is 9.47 Å². The zero-order valence-electron chi connectivity index (χ0n) is 13.9. The Kier molecular flexibility index (Phi) is 9.71. The van der Waals surface area contributed by atoms with E-state index >= 15 is 0 Å². The third kappa shape index (κ3) is 6.85. The molecule has 0 atom stereocenters. The third-order valence-corrected chi connectivity index (χ3v) is 3.59. The number of hydrogen-bond acceptors (Lipinski definition) is 3. The van der Waals surface area contributed by atoms with Gasteiger partial charge in [-0.05, 0) is 26.0 Å². The smallest absolute Gasteiger partial charge is 0.165 e. The van der Waals surface area contributed by atoms with Gasteiger partial charge in [0.1, 0.15) is 0 Å². The quantitative estimate of drug-likeness (QED) is 0.574. The van der Waals surface area contributed by atoms with Crippen LogP contribution in [0.2, 0.25) is 0 Å². The van der Waals surface area contributed by atoms with Gasteiger partial charge in [-0.2, -0.15) is 0 Å². The fraction of sp³-hybridized carbons (Fsp3) is 0.667. The van der Waals surface area contributed by atoms with Crippen molar-refractivity contribution in [2.24, 2.45) is 0 Å². The van der Waals surface area contributed by atoms with E-state index in [0.29, 0.717) is 6.61 Å². The largest absolute Gasteiger partial charge is 0.493 e. The summed E-state index contributed by atoms with van der Waals surface area (Å²) in [6.45, 7) is 6.81. The van der Waals surface area contributed by atoms with E-state index in [1.165, 1.54) is 44.1 Å². The molecule has 0 aliphatic carbocycles. The Balaban J connectivity index is 2.31. The van der Waals surface area contributed by atoms with E-state index in [-0.39, 0.29) is 0 Å². The van der Waals surface area contributed by atoms with Crippen LogP contribution in [0.3, 0.4) is 0 Å². The van der Waals surface area contributed by atoms with Crippen LogP contribution in [0.4, 0.5) is 0 Å². The Morgan fingerprint density at radius 2 is 1.76 bits per heavy atom. The van der Waals surface area contributed by atoms with Gasteiger partial charge in [-0.3, -0.25) is 0 Å². The van der Waals surface area contributed by atoms with Crippen molar-refractivity contribution in [2.75, 3.05) is 20.3 Å². The summed E-state index contributed by atoms with van der Waals surface area (Å²) < 4.78 is 11.1. The molecule has 3 nitrogen and oxygen atoms in total. The maximum absolute atomic E-state index is 5.72. The summed E-state index contributed by atoms with van der Waals surface area (Å²) in [6, 6.07) is 6.06. The van der Waals surface area contributed by atoms with Crippen LogP contribution in [0.15, 0.2) is 18.2 Å². The Morgan fingerprint density at radius 1 is 1.00 bits per heavy atom. The van der Waals surface area contributed by atoms with Gasteiger partial charge in [0.05, 0.1) is 13.7 Å². The van der Waals surface area contributed by atoms with Gasteiger partial charge in [0.2, 0.25) is 0 Å². The minimum absolute atomic E-state index is 0.658. The Hall–Kier alpha value is -1.22. The third-order valence-electron chi connectivity index (χ3n) is 3.59. The molecule has 1 N–H and O–H groups in total. The van der Waals surface area contributed by atoms with Gasteiger partial charge in [-0.25, -0.2) is 0 Å². The fourth-order valence-electron chi connectivity index (χ4n) is 2.42. The van der Waals surface area contributed by atoms with E-state index in [1.807, 2.05) is 19.1 Å². The molecule has 120 valence electrons. The van der Waals surface area contributed by atoms with Crippen LogP contribution in [-0.4, -0.2) is 20.3 Å². The van der Waals surface area contributed by atoms with Crippen molar-refractivity contribution in [3.63, 3.8) is 0 Å². The molecular formula is C18H31NO2. The summed E-state index contributed by atoms with van der Waals surface area (Å²) in [4.78, 5) is 0. The van der Waals surface area contributed by atoms with Gasteiger partial charge in [-0.1, -0.05) is 51.2 Å². The van der Waals surface area contributed by atoms with Crippen LogP contribution in [0.1, 0.15) is 57.9 Å². The first-order chi connectivity index (χ1) is 10.3. The van der Waals surface area contributed by atoms with E-state index < -0.39 is 0 Å². The standard InChI is InChI=1S/C18H31NO2/c1-4-6-7-8-9-10-14-19-15-16-12-11-13-17(20-3)18(16)21-5-2/h11-13,19H,4-10,14-15H2,1-3H3. The first kappa shape index (κ1) is 17.8. The lowest BCUT2D eigenvalue weighted by molar-refractivity contribution is 0.306. The minimum Gasteiger partial charge on any atom is -0.493 e. The molecule has 1 aromatic carbocycles. The minimum atomic E-state index is 0.658. The summed E-state index contributed by atoms with van der Waals surface area (Å²) in [7, 11) is 1.69. The molecule has 0 fully saturated rings. The first-order valence-corrected chi connectivity index (χ1v) is 8.32. The predicted octanol–water partition coefficient (Wildman–Crippen LogP) is 4.54. The van der Waals surface area contributed by atoms with Crippen LogP contribution in [0.5, 0.6) is 11.5 Å². The van der Waals surface area contributed by atoms with Gasteiger partial charge in [0, 0.05) is 12.1 Å². The lowest BCUT2D eigenvalue weighted by atomic mass is 10.1. The van der Waals surface area contributed by atoms with Crippen molar-refractivity contribution in [1.29, 1.82) is 0 Å². The molecule has 0 unspecified atom stereocenters. The summed E-state index contributed by atoms with van der Waals surface area (Å²) in [5, 5.41) is 3.51. The molecule has 0 aliphatic rings. The SMILES string of the molecule is CCCCCCCCNCc1cccc(OC)c1OCC. The molecule has 0 aliphatic heterocycles. The van der Waals surface area contributed by atoms with Crippen molar-refractivity contribution in [3.05, 3.63) is 23.8 Å². The molecule has 0 radical (unpaired) electrons.